The van der Waals surface area contributed by atoms with E-state index in [2.05, 4.69) is 5.32 Å². The van der Waals surface area contributed by atoms with Crippen molar-refractivity contribution in [3.63, 3.8) is 0 Å². The maximum atomic E-state index is 12.2. The summed E-state index contributed by atoms with van der Waals surface area (Å²) in [5.41, 5.74) is 1.59. The predicted molar refractivity (Wildman–Crippen MR) is 79.8 cm³/mol. The second kappa shape index (κ2) is 6.98. The van der Waals surface area contributed by atoms with Crippen molar-refractivity contribution in [1.82, 2.24) is 0 Å². The highest BCUT2D eigenvalue weighted by Crippen LogP contribution is 2.30. The molecule has 0 saturated carbocycles. The first-order valence-corrected chi connectivity index (χ1v) is 7.67. The molecule has 0 amide bonds. The Hall–Kier alpha value is -0.980. The van der Waals surface area contributed by atoms with Gasteiger partial charge in [-0.15, -0.1) is 12.4 Å². The number of benzene rings is 1. The number of anilines is 2. The molecule has 0 aliphatic carbocycles. The van der Waals surface area contributed by atoms with Crippen molar-refractivity contribution in [3.05, 3.63) is 24.3 Å². The Bertz CT molecular complexity index is 507. The Morgan fingerprint density at radius 2 is 2.11 bits per heavy atom. The van der Waals surface area contributed by atoms with Gasteiger partial charge in [0, 0.05) is 13.2 Å². The monoisotopic (exact) mass is 306 g/mol. The number of fused-ring (bicyclic) bond motifs is 1. The number of nitrogens with zero attached hydrogens (tertiary/aromatic N) is 1. The molecule has 0 fully saturated rings. The van der Waals surface area contributed by atoms with E-state index in [9.17, 15) is 8.42 Å². The van der Waals surface area contributed by atoms with Crippen LogP contribution >= 0.6 is 12.4 Å². The third-order valence-electron chi connectivity index (χ3n) is 2.83. The molecule has 1 aliphatic rings. The number of para-hydroxylation sites is 2. The van der Waals surface area contributed by atoms with E-state index in [4.69, 9.17) is 4.74 Å². The molecule has 0 unspecified atom stereocenters. The maximum absolute atomic E-state index is 12.2. The second-order valence-corrected chi connectivity index (χ2v) is 6.04. The average Bonchev–Trinajstić information content (AvgIpc) is 2.38. The van der Waals surface area contributed by atoms with Crippen LogP contribution in [0.2, 0.25) is 0 Å². The summed E-state index contributed by atoms with van der Waals surface area (Å²) in [5, 5.41) is 3.19. The van der Waals surface area contributed by atoms with E-state index in [1.54, 1.807) is 0 Å². The second-order valence-electron chi connectivity index (χ2n) is 4.03. The van der Waals surface area contributed by atoms with Crippen LogP contribution in [-0.4, -0.2) is 40.5 Å². The number of hydrogen-bond acceptors (Lipinski definition) is 4. The molecule has 2 rings (SSSR count). The van der Waals surface area contributed by atoms with Crippen LogP contribution in [0.25, 0.3) is 0 Å². The van der Waals surface area contributed by atoms with Gasteiger partial charge in [0.25, 0.3) is 0 Å². The van der Waals surface area contributed by atoms with Crippen LogP contribution in [0.3, 0.4) is 0 Å². The van der Waals surface area contributed by atoms with Crippen molar-refractivity contribution in [2.75, 3.05) is 41.7 Å². The number of nitrogens with one attached hydrogen (secondary N) is 1. The first-order chi connectivity index (χ1) is 8.65. The molecule has 1 N–H and O–H groups in total. The summed E-state index contributed by atoms with van der Waals surface area (Å²) in [7, 11) is -3.30. The van der Waals surface area contributed by atoms with Crippen LogP contribution in [0.1, 0.15) is 6.92 Å². The molecule has 1 aromatic rings. The molecular formula is C12H19ClN2O3S. The highest BCUT2D eigenvalue weighted by Gasteiger charge is 2.26. The summed E-state index contributed by atoms with van der Waals surface area (Å²) in [5.74, 6) is 0.0230. The lowest BCUT2D eigenvalue weighted by molar-refractivity contribution is 0.163. The van der Waals surface area contributed by atoms with Gasteiger partial charge in [0.15, 0.2) is 0 Å². The quantitative estimate of drug-likeness (QED) is 0.841. The standard InChI is InChI=1S/C12H18N2O3S.ClH/c1-2-17-9-10-18(15,16)14-8-7-13-11-5-3-4-6-12(11)14;/h3-6,13H,2,7-10H2,1H3;1H. The maximum Gasteiger partial charge on any atom is 0.237 e. The van der Waals surface area contributed by atoms with E-state index in [0.29, 0.717) is 19.7 Å². The van der Waals surface area contributed by atoms with Gasteiger partial charge in [0.05, 0.1) is 30.3 Å². The molecule has 0 aromatic heterocycles. The highest BCUT2D eigenvalue weighted by molar-refractivity contribution is 7.92. The lowest BCUT2D eigenvalue weighted by Gasteiger charge is -2.31. The van der Waals surface area contributed by atoms with E-state index in [0.717, 1.165) is 11.4 Å². The van der Waals surface area contributed by atoms with Gasteiger partial charge in [0.2, 0.25) is 10.0 Å². The summed E-state index contributed by atoms with van der Waals surface area (Å²) < 4.78 is 31.1. The van der Waals surface area contributed by atoms with Crippen molar-refractivity contribution in [2.45, 2.75) is 6.92 Å². The Morgan fingerprint density at radius 3 is 2.84 bits per heavy atom. The lowest BCUT2D eigenvalue weighted by atomic mass is 10.2. The Morgan fingerprint density at radius 1 is 1.37 bits per heavy atom. The molecule has 0 radical (unpaired) electrons. The van der Waals surface area contributed by atoms with Crippen molar-refractivity contribution in [3.8, 4) is 0 Å². The molecule has 19 heavy (non-hydrogen) atoms. The zero-order chi connectivity index (χ0) is 13.0. The van der Waals surface area contributed by atoms with E-state index in [1.165, 1.54) is 4.31 Å². The lowest BCUT2D eigenvalue weighted by Crippen LogP contribution is -2.40. The van der Waals surface area contributed by atoms with Gasteiger partial charge in [-0.3, -0.25) is 4.31 Å². The third kappa shape index (κ3) is 3.75. The van der Waals surface area contributed by atoms with Gasteiger partial charge < -0.3 is 10.1 Å². The van der Waals surface area contributed by atoms with Crippen LogP contribution in [0.4, 0.5) is 11.4 Å². The number of halogens is 1. The fraction of sp³-hybridized carbons (Fsp3) is 0.500. The van der Waals surface area contributed by atoms with Gasteiger partial charge in [-0.2, -0.15) is 0 Å². The number of rotatable bonds is 5. The van der Waals surface area contributed by atoms with E-state index < -0.39 is 10.0 Å². The minimum Gasteiger partial charge on any atom is -0.382 e. The van der Waals surface area contributed by atoms with Gasteiger partial charge in [0.1, 0.15) is 0 Å². The van der Waals surface area contributed by atoms with Crippen molar-refractivity contribution in [1.29, 1.82) is 0 Å². The summed E-state index contributed by atoms with van der Waals surface area (Å²) in [6.45, 7) is 3.72. The fourth-order valence-corrected chi connectivity index (χ4v) is 3.34. The van der Waals surface area contributed by atoms with Gasteiger partial charge in [-0.1, -0.05) is 12.1 Å². The molecule has 0 atom stereocenters. The largest absolute Gasteiger partial charge is 0.382 e. The van der Waals surface area contributed by atoms with Gasteiger partial charge >= 0.3 is 0 Å². The van der Waals surface area contributed by atoms with Crippen molar-refractivity contribution >= 4 is 33.8 Å². The molecular weight excluding hydrogens is 288 g/mol. The Balaban J connectivity index is 0.00000180. The summed E-state index contributed by atoms with van der Waals surface area (Å²) in [4.78, 5) is 0. The molecule has 0 spiro atoms. The molecule has 1 aliphatic heterocycles. The Labute approximate surface area is 120 Å². The first-order valence-electron chi connectivity index (χ1n) is 6.06. The van der Waals surface area contributed by atoms with Crippen molar-refractivity contribution < 1.29 is 13.2 Å². The molecule has 7 heteroatoms. The number of sulfonamides is 1. The van der Waals surface area contributed by atoms with Gasteiger partial charge in [-0.25, -0.2) is 8.42 Å². The van der Waals surface area contributed by atoms with E-state index >= 15 is 0 Å². The van der Waals surface area contributed by atoms with Crippen LogP contribution in [0.15, 0.2) is 24.3 Å². The summed E-state index contributed by atoms with van der Waals surface area (Å²) in [6, 6.07) is 7.44. The SMILES string of the molecule is CCOCCS(=O)(=O)N1CCNc2ccccc21.Cl. The van der Waals surface area contributed by atoms with Crippen LogP contribution in [0, 0.1) is 0 Å². The van der Waals surface area contributed by atoms with Crippen LogP contribution < -0.4 is 9.62 Å². The fourth-order valence-electron chi connectivity index (χ4n) is 1.96. The molecule has 1 heterocycles. The third-order valence-corrected chi connectivity index (χ3v) is 4.56. The number of ether oxygens (including phenoxy) is 1. The van der Waals surface area contributed by atoms with Gasteiger partial charge in [-0.05, 0) is 19.1 Å². The smallest absolute Gasteiger partial charge is 0.237 e. The number of hydrogen-bond donors (Lipinski definition) is 1. The predicted octanol–water partition coefficient (Wildman–Crippen LogP) is 1.71. The van der Waals surface area contributed by atoms with Crippen LogP contribution in [-0.2, 0) is 14.8 Å². The topological polar surface area (TPSA) is 58.6 Å². The minimum atomic E-state index is -3.30. The zero-order valence-corrected chi connectivity index (χ0v) is 12.5. The summed E-state index contributed by atoms with van der Waals surface area (Å²) >= 11 is 0. The van der Waals surface area contributed by atoms with Crippen LogP contribution in [0.5, 0.6) is 0 Å². The first kappa shape index (κ1) is 16.1. The normalized spacial score (nSPS) is 14.3. The molecule has 1 aromatic carbocycles. The average molecular weight is 307 g/mol. The zero-order valence-electron chi connectivity index (χ0n) is 10.8. The Kier molecular flexibility index (Phi) is 5.90. The molecule has 0 saturated heterocycles. The summed E-state index contributed by atoms with van der Waals surface area (Å²) in [6.07, 6.45) is 0. The molecule has 0 bridgehead atoms. The van der Waals surface area contributed by atoms with E-state index in [1.807, 2.05) is 31.2 Å². The minimum absolute atomic E-state index is 0. The highest BCUT2D eigenvalue weighted by atomic mass is 35.5. The van der Waals surface area contributed by atoms with E-state index in [-0.39, 0.29) is 24.8 Å². The van der Waals surface area contributed by atoms with Crippen molar-refractivity contribution in [2.24, 2.45) is 0 Å². The molecule has 108 valence electrons. The molecule has 5 nitrogen and oxygen atoms in total.